The standard InChI is InChI=1S/C26H37N3O7/c1-16-8-9-18(27-23(32)36-26(5,6)7)14-19(16)29-15-20(34-24(29)33)21(30)28-12-10-17(11-13-28)22(31)35-25(2,3)4/h8-9,14,17,20H,10-13,15H2,1-7H3,(H,27,32). The second-order valence-corrected chi connectivity index (χ2v) is 11.2. The van der Waals surface area contributed by atoms with Gasteiger partial charge < -0.3 is 19.1 Å². The molecule has 1 aromatic rings. The molecule has 0 radical (unpaired) electrons. The lowest BCUT2D eigenvalue weighted by molar-refractivity contribution is -0.163. The van der Waals surface area contributed by atoms with Gasteiger partial charge in [0.15, 0.2) is 6.10 Å². The predicted molar refractivity (Wildman–Crippen MR) is 134 cm³/mol. The molecule has 1 unspecified atom stereocenters. The number of ether oxygens (including phenoxy) is 3. The van der Waals surface area contributed by atoms with Gasteiger partial charge in [-0.05, 0) is 79.0 Å². The summed E-state index contributed by atoms with van der Waals surface area (Å²) in [5, 5.41) is 2.66. The Balaban J connectivity index is 1.61. The molecule has 1 N–H and O–H groups in total. The maximum absolute atomic E-state index is 13.1. The number of hydrogen-bond donors (Lipinski definition) is 1. The Morgan fingerprint density at radius 1 is 1.00 bits per heavy atom. The highest BCUT2D eigenvalue weighted by atomic mass is 16.6. The third kappa shape index (κ3) is 7.11. The van der Waals surface area contributed by atoms with E-state index in [1.165, 1.54) is 4.90 Å². The first-order chi connectivity index (χ1) is 16.6. The molecule has 36 heavy (non-hydrogen) atoms. The van der Waals surface area contributed by atoms with Gasteiger partial charge >= 0.3 is 18.2 Å². The van der Waals surface area contributed by atoms with Crippen molar-refractivity contribution in [3.8, 4) is 0 Å². The van der Waals surface area contributed by atoms with Gasteiger partial charge in [-0.1, -0.05) is 6.07 Å². The molecule has 3 amide bonds. The van der Waals surface area contributed by atoms with Crippen molar-refractivity contribution in [2.75, 3.05) is 29.9 Å². The fourth-order valence-electron chi connectivity index (χ4n) is 4.11. The number of carbonyl (C=O) groups is 4. The first-order valence-electron chi connectivity index (χ1n) is 12.2. The summed E-state index contributed by atoms with van der Waals surface area (Å²) in [6, 6.07) is 5.13. The third-order valence-corrected chi connectivity index (χ3v) is 5.78. The van der Waals surface area contributed by atoms with E-state index in [2.05, 4.69) is 5.32 Å². The summed E-state index contributed by atoms with van der Waals surface area (Å²) in [4.78, 5) is 53.3. The smallest absolute Gasteiger partial charge is 0.415 e. The Bertz CT molecular complexity index is 1020. The number of aryl methyl sites for hydroxylation is 1. The van der Waals surface area contributed by atoms with Gasteiger partial charge in [0.1, 0.15) is 11.2 Å². The van der Waals surface area contributed by atoms with E-state index in [0.717, 1.165) is 5.56 Å². The van der Waals surface area contributed by atoms with Crippen LogP contribution in [-0.4, -0.2) is 65.9 Å². The van der Waals surface area contributed by atoms with Gasteiger partial charge in [0.05, 0.1) is 18.2 Å². The number of hydrogen-bond acceptors (Lipinski definition) is 7. The number of rotatable bonds is 4. The topological polar surface area (TPSA) is 114 Å². The summed E-state index contributed by atoms with van der Waals surface area (Å²) >= 11 is 0. The zero-order chi connectivity index (χ0) is 26.8. The van der Waals surface area contributed by atoms with Gasteiger partial charge in [-0.15, -0.1) is 0 Å². The van der Waals surface area contributed by atoms with Crippen LogP contribution in [0.2, 0.25) is 0 Å². The van der Waals surface area contributed by atoms with Gasteiger partial charge in [-0.2, -0.15) is 0 Å². The summed E-state index contributed by atoms with van der Waals surface area (Å²) < 4.78 is 16.2. The van der Waals surface area contributed by atoms with Crippen LogP contribution in [0, 0.1) is 12.8 Å². The maximum atomic E-state index is 13.1. The molecular weight excluding hydrogens is 466 g/mol. The highest BCUT2D eigenvalue weighted by Crippen LogP contribution is 2.30. The van der Waals surface area contributed by atoms with Crippen LogP contribution >= 0.6 is 0 Å². The molecule has 2 aliphatic rings. The van der Waals surface area contributed by atoms with Crippen molar-refractivity contribution in [3.05, 3.63) is 23.8 Å². The third-order valence-electron chi connectivity index (χ3n) is 5.78. The molecule has 2 saturated heterocycles. The number of likely N-dealkylation sites (tertiary alicyclic amines) is 1. The molecule has 2 heterocycles. The van der Waals surface area contributed by atoms with E-state index in [1.807, 2.05) is 27.7 Å². The minimum absolute atomic E-state index is 0.0559. The number of cyclic esters (lactones) is 1. The lowest BCUT2D eigenvalue weighted by atomic mass is 9.96. The molecule has 0 saturated carbocycles. The fourth-order valence-corrected chi connectivity index (χ4v) is 4.11. The number of amides is 3. The van der Waals surface area contributed by atoms with Crippen molar-refractivity contribution < 1.29 is 33.4 Å². The number of nitrogens with one attached hydrogen (secondary N) is 1. The molecular formula is C26H37N3O7. The van der Waals surface area contributed by atoms with Crippen LogP contribution in [0.25, 0.3) is 0 Å². The minimum atomic E-state index is -0.947. The molecule has 10 nitrogen and oxygen atoms in total. The first-order valence-corrected chi connectivity index (χ1v) is 12.2. The SMILES string of the molecule is Cc1ccc(NC(=O)OC(C)(C)C)cc1N1CC(C(=O)N2CCC(C(=O)OC(C)(C)C)CC2)OC1=O. The van der Waals surface area contributed by atoms with Crippen LogP contribution in [0.4, 0.5) is 21.0 Å². The van der Waals surface area contributed by atoms with Gasteiger partial charge in [0.2, 0.25) is 0 Å². The molecule has 2 fully saturated rings. The summed E-state index contributed by atoms with van der Waals surface area (Å²) in [6.45, 7) is 13.5. The van der Waals surface area contributed by atoms with Crippen molar-refractivity contribution >= 4 is 35.4 Å². The van der Waals surface area contributed by atoms with Crippen molar-refractivity contribution in [3.63, 3.8) is 0 Å². The molecule has 198 valence electrons. The monoisotopic (exact) mass is 503 g/mol. The Morgan fingerprint density at radius 3 is 2.19 bits per heavy atom. The molecule has 0 bridgehead atoms. The largest absolute Gasteiger partial charge is 0.460 e. The van der Waals surface area contributed by atoms with Crippen LogP contribution in [-0.2, 0) is 23.8 Å². The van der Waals surface area contributed by atoms with E-state index in [-0.39, 0.29) is 24.3 Å². The van der Waals surface area contributed by atoms with E-state index < -0.39 is 29.5 Å². The van der Waals surface area contributed by atoms with Crippen LogP contribution in [0.1, 0.15) is 59.9 Å². The molecule has 0 aliphatic carbocycles. The summed E-state index contributed by atoms with van der Waals surface area (Å²) in [5.41, 5.74) is 0.575. The van der Waals surface area contributed by atoms with Gasteiger partial charge in [0, 0.05) is 18.8 Å². The molecule has 3 rings (SSSR count). The number of anilines is 2. The zero-order valence-corrected chi connectivity index (χ0v) is 22.2. The Kier molecular flexibility index (Phi) is 7.85. The number of esters is 1. The van der Waals surface area contributed by atoms with Crippen LogP contribution in [0.15, 0.2) is 18.2 Å². The summed E-state index contributed by atoms with van der Waals surface area (Å²) in [5.74, 6) is -0.781. The van der Waals surface area contributed by atoms with E-state index in [9.17, 15) is 19.2 Å². The quantitative estimate of drug-likeness (QED) is 0.483. The number of benzene rings is 1. The fraction of sp³-hybridized carbons (Fsp3) is 0.615. The maximum Gasteiger partial charge on any atom is 0.415 e. The van der Waals surface area contributed by atoms with Crippen LogP contribution in [0.3, 0.4) is 0 Å². The molecule has 10 heteroatoms. The number of carbonyl (C=O) groups excluding carboxylic acids is 4. The van der Waals surface area contributed by atoms with Gasteiger partial charge in [-0.3, -0.25) is 19.8 Å². The van der Waals surface area contributed by atoms with Crippen molar-refractivity contribution in [1.29, 1.82) is 0 Å². The Hall–Kier alpha value is -3.30. The van der Waals surface area contributed by atoms with E-state index in [4.69, 9.17) is 14.2 Å². The van der Waals surface area contributed by atoms with E-state index in [1.54, 1.807) is 43.9 Å². The lowest BCUT2D eigenvalue weighted by Gasteiger charge is -2.33. The normalized spacial score (nSPS) is 19.1. The zero-order valence-electron chi connectivity index (χ0n) is 22.2. The average Bonchev–Trinajstić information content (AvgIpc) is 3.13. The summed E-state index contributed by atoms with van der Waals surface area (Å²) in [6.07, 6.45) is -1.18. The number of nitrogens with zero attached hydrogens (tertiary/aromatic N) is 2. The Morgan fingerprint density at radius 2 is 1.61 bits per heavy atom. The predicted octanol–water partition coefficient (Wildman–Crippen LogP) is 4.25. The number of piperidine rings is 1. The van der Waals surface area contributed by atoms with Gasteiger partial charge in [-0.25, -0.2) is 9.59 Å². The minimum Gasteiger partial charge on any atom is -0.460 e. The Labute approximate surface area is 212 Å². The highest BCUT2D eigenvalue weighted by Gasteiger charge is 2.41. The first kappa shape index (κ1) is 27.3. The summed E-state index contributed by atoms with van der Waals surface area (Å²) in [7, 11) is 0. The van der Waals surface area contributed by atoms with Crippen molar-refractivity contribution in [2.45, 2.75) is 78.6 Å². The molecule has 0 spiro atoms. The van der Waals surface area contributed by atoms with Crippen molar-refractivity contribution in [2.24, 2.45) is 5.92 Å². The lowest BCUT2D eigenvalue weighted by Crippen LogP contribution is -2.46. The average molecular weight is 504 g/mol. The molecule has 0 aromatic heterocycles. The van der Waals surface area contributed by atoms with Crippen molar-refractivity contribution in [1.82, 2.24) is 4.90 Å². The second-order valence-electron chi connectivity index (χ2n) is 11.2. The van der Waals surface area contributed by atoms with Crippen LogP contribution in [0.5, 0.6) is 0 Å². The molecule has 1 aromatic carbocycles. The molecule has 1 atom stereocenters. The molecule has 2 aliphatic heterocycles. The second kappa shape index (κ2) is 10.4. The van der Waals surface area contributed by atoms with Gasteiger partial charge in [0.25, 0.3) is 5.91 Å². The highest BCUT2D eigenvalue weighted by molar-refractivity contribution is 5.97. The van der Waals surface area contributed by atoms with Crippen LogP contribution < -0.4 is 10.2 Å². The van der Waals surface area contributed by atoms with E-state index in [0.29, 0.717) is 37.3 Å². The van der Waals surface area contributed by atoms with E-state index >= 15 is 0 Å².